The van der Waals surface area contributed by atoms with Crippen molar-refractivity contribution in [2.24, 2.45) is 0 Å². The first-order valence-electron chi connectivity index (χ1n) is 7.83. The number of aliphatic hydroxyl groups is 1. The molecular formula is C15H24N4O2. The summed E-state index contributed by atoms with van der Waals surface area (Å²) >= 11 is 0. The number of nitrogen functional groups attached to an aromatic ring is 1. The molecule has 1 aliphatic carbocycles. The van der Waals surface area contributed by atoms with Crippen molar-refractivity contribution in [1.29, 1.82) is 0 Å². The molecule has 1 aliphatic heterocycles. The third-order valence-electron chi connectivity index (χ3n) is 4.49. The Hall–Kier alpha value is -1.40. The highest BCUT2D eigenvalue weighted by Gasteiger charge is 2.29. The van der Waals surface area contributed by atoms with Gasteiger partial charge >= 0.3 is 0 Å². The van der Waals surface area contributed by atoms with Crippen molar-refractivity contribution < 1.29 is 9.84 Å². The molecule has 21 heavy (non-hydrogen) atoms. The maximum absolute atomic E-state index is 10.5. The van der Waals surface area contributed by atoms with Gasteiger partial charge in [-0.2, -0.15) is 4.98 Å². The van der Waals surface area contributed by atoms with Gasteiger partial charge in [-0.3, -0.25) is 0 Å². The van der Waals surface area contributed by atoms with Gasteiger partial charge in [0.15, 0.2) is 0 Å². The average molecular weight is 292 g/mol. The zero-order valence-electron chi connectivity index (χ0n) is 12.3. The molecule has 1 saturated heterocycles. The van der Waals surface area contributed by atoms with Crippen LogP contribution in [-0.2, 0) is 4.74 Å². The molecule has 4 N–H and O–H groups in total. The van der Waals surface area contributed by atoms with E-state index < -0.39 is 5.60 Å². The highest BCUT2D eigenvalue weighted by Crippen LogP contribution is 2.29. The summed E-state index contributed by atoms with van der Waals surface area (Å²) in [6.45, 7) is 1.99. The van der Waals surface area contributed by atoms with Crippen LogP contribution in [0.2, 0.25) is 0 Å². The van der Waals surface area contributed by atoms with Crippen LogP contribution in [0.25, 0.3) is 0 Å². The molecule has 0 spiro atoms. The van der Waals surface area contributed by atoms with E-state index in [-0.39, 0.29) is 5.95 Å². The fraction of sp³-hybridized carbons (Fsp3) is 0.733. The Morgan fingerprint density at radius 1 is 1.33 bits per heavy atom. The van der Waals surface area contributed by atoms with Gasteiger partial charge < -0.3 is 20.9 Å². The van der Waals surface area contributed by atoms with Crippen molar-refractivity contribution in [2.45, 2.75) is 50.0 Å². The molecule has 0 radical (unpaired) electrons. The topological polar surface area (TPSA) is 93.3 Å². The third kappa shape index (κ3) is 3.63. The Kier molecular flexibility index (Phi) is 4.26. The highest BCUT2D eigenvalue weighted by molar-refractivity contribution is 5.42. The standard InChI is InChI=1S/C15H24N4O2/c16-14-18-12(11-4-7-21-9-11)8-13(19-14)17-10-15(20)5-2-1-3-6-15/h8,11,20H,1-7,9-10H2,(H3,16,17,18,19)/t11-/m0/s1. The molecule has 6 heteroatoms. The number of hydrogen-bond acceptors (Lipinski definition) is 6. The maximum Gasteiger partial charge on any atom is 0.222 e. The van der Waals surface area contributed by atoms with Crippen LogP contribution in [-0.4, -0.2) is 40.4 Å². The molecule has 116 valence electrons. The van der Waals surface area contributed by atoms with E-state index in [1.807, 2.05) is 6.07 Å². The molecule has 0 aromatic carbocycles. The Bertz CT molecular complexity index is 483. The predicted octanol–water partition coefficient (Wildman–Crippen LogP) is 1.67. The first kappa shape index (κ1) is 14.5. The predicted molar refractivity (Wildman–Crippen MR) is 81.1 cm³/mol. The quantitative estimate of drug-likeness (QED) is 0.781. The van der Waals surface area contributed by atoms with Gasteiger partial charge in [-0.05, 0) is 19.3 Å². The molecule has 0 amide bonds. The maximum atomic E-state index is 10.5. The minimum atomic E-state index is -0.616. The summed E-state index contributed by atoms with van der Waals surface area (Å²) in [5.41, 5.74) is 6.12. The lowest BCUT2D eigenvalue weighted by Gasteiger charge is -2.32. The first-order chi connectivity index (χ1) is 10.1. The summed E-state index contributed by atoms with van der Waals surface area (Å²) in [5.74, 6) is 1.27. The summed E-state index contributed by atoms with van der Waals surface area (Å²) in [7, 11) is 0. The number of rotatable bonds is 4. The van der Waals surface area contributed by atoms with Crippen LogP contribution in [0.4, 0.5) is 11.8 Å². The fourth-order valence-corrected chi connectivity index (χ4v) is 3.19. The zero-order chi connectivity index (χ0) is 14.7. The summed E-state index contributed by atoms with van der Waals surface area (Å²) in [6, 6.07) is 1.93. The number of nitrogens with two attached hydrogens (primary N) is 1. The molecule has 1 aromatic rings. The van der Waals surface area contributed by atoms with Crippen LogP contribution in [0.1, 0.15) is 50.1 Å². The molecule has 6 nitrogen and oxygen atoms in total. The minimum absolute atomic E-state index is 0.275. The summed E-state index contributed by atoms with van der Waals surface area (Å²) < 4.78 is 5.40. The van der Waals surface area contributed by atoms with E-state index in [0.717, 1.165) is 44.4 Å². The van der Waals surface area contributed by atoms with Crippen LogP contribution in [0.5, 0.6) is 0 Å². The largest absolute Gasteiger partial charge is 0.388 e. The lowest BCUT2D eigenvalue weighted by Crippen LogP contribution is -2.39. The minimum Gasteiger partial charge on any atom is -0.388 e. The molecular weight excluding hydrogens is 268 g/mol. The first-order valence-corrected chi connectivity index (χ1v) is 7.83. The second kappa shape index (κ2) is 6.15. The average Bonchev–Trinajstić information content (AvgIpc) is 3.00. The van der Waals surface area contributed by atoms with Crippen molar-refractivity contribution in [3.05, 3.63) is 11.8 Å². The molecule has 2 aliphatic rings. The van der Waals surface area contributed by atoms with Crippen molar-refractivity contribution >= 4 is 11.8 Å². The van der Waals surface area contributed by atoms with Crippen molar-refractivity contribution in [1.82, 2.24) is 9.97 Å². The number of nitrogens with one attached hydrogen (secondary N) is 1. The van der Waals surface area contributed by atoms with Crippen LogP contribution in [0.15, 0.2) is 6.07 Å². The second-order valence-electron chi connectivity index (χ2n) is 6.24. The van der Waals surface area contributed by atoms with E-state index in [1.54, 1.807) is 0 Å². The monoisotopic (exact) mass is 292 g/mol. The van der Waals surface area contributed by atoms with E-state index >= 15 is 0 Å². The van der Waals surface area contributed by atoms with Crippen LogP contribution in [0, 0.1) is 0 Å². The normalized spacial score (nSPS) is 24.9. The molecule has 0 bridgehead atoms. The third-order valence-corrected chi connectivity index (χ3v) is 4.49. The molecule has 2 fully saturated rings. The van der Waals surface area contributed by atoms with Gasteiger partial charge in [0.05, 0.1) is 17.9 Å². The molecule has 1 aromatic heterocycles. The van der Waals surface area contributed by atoms with Gasteiger partial charge in [-0.1, -0.05) is 19.3 Å². The Labute approximate surface area is 125 Å². The van der Waals surface area contributed by atoms with E-state index in [1.165, 1.54) is 6.42 Å². The summed E-state index contributed by atoms with van der Waals surface area (Å²) in [4.78, 5) is 8.54. The van der Waals surface area contributed by atoms with Gasteiger partial charge in [-0.25, -0.2) is 4.98 Å². The number of anilines is 2. The van der Waals surface area contributed by atoms with E-state index in [4.69, 9.17) is 10.5 Å². The van der Waals surface area contributed by atoms with Crippen LogP contribution < -0.4 is 11.1 Å². The van der Waals surface area contributed by atoms with Crippen molar-refractivity contribution in [3.63, 3.8) is 0 Å². The Balaban J connectivity index is 1.67. The molecule has 3 rings (SSSR count). The molecule has 0 unspecified atom stereocenters. The summed E-state index contributed by atoms with van der Waals surface area (Å²) in [5, 5.41) is 13.8. The van der Waals surface area contributed by atoms with Gasteiger partial charge in [0.1, 0.15) is 5.82 Å². The van der Waals surface area contributed by atoms with Gasteiger partial charge in [0.2, 0.25) is 5.95 Å². The fourth-order valence-electron chi connectivity index (χ4n) is 3.19. The molecule has 2 heterocycles. The Morgan fingerprint density at radius 3 is 2.86 bits per heavy atom. The number of nitrogens with zero attached hydrogens (tertiary/aromatic N) is 2. The van der Waals surface area contributed by atoms with E-state index in [0.29, 0.717) is 24.9 Å². The van der Waals surface area contributed by atoms with Crippen LogP contribution >= 0.6 is 0 Å². The van der Waals surface area contributed by atoms with Crippen LogP contribution in [0.3, 0.4) is 0 Å². The number of aromatic nitrogens is 2. The van der Waals surface area contributed by atoms with Gasteiger partial charge in [0, 0.05) is 25.1 Å². The zero-order valence-corrected chi connectivity index (χ0v) is 12.3. The molecule has 1 saturated carbocycles. The highest BCUT2D eigenvalue weighted by atomic mass is 16.5. The second-order valence-corrected chi connectivity index (χ2v) is 6.24. The molecule has 1 atom stereocenters. The smallest absolute Gasteiger partial charge is 0.222 e. The number of hydrogen-bond donors (Lipinski definition) is 3. The lowest BCUT2D eigenvalue weighted by molar-refractivity contribution is 0.0166. The summed E-state index contributed by atoms with van der Waals surface area (Å²) in [6.07, 6.45) is 6.08. The van der Waals surface area contributed by atoms with E-state index in [2.05, 4.69) is 15.3 Å². The van der Waals surface area contributed by atoms with Gasteiger partial charge in [-0.15, -0.1) is 0 Å². The van der Waals surface area contributed by atoms with Crippen molar-refractivity contribution in [2.75, 3.05) is 30.8 Å². The SMILES string of the molecule is Nc1nc(NCC2(O)CCCCC2)cc([C@H]2CCOC2)n1. The number of ether oxygens (including phenoxy) is 1. The Morgan fingerprint density at radius 2 is 2.14 bits per heavy atom. The van der Waals surface area contributed by atoms with Gasteiger partial charge in [0.25, 0.3) is 0 Å². The van der Waals surface area contributed by atoms with Crippen molar-refractivity contribution in [3.8, 4) is 0 Å². The lowest BCUT2D eigenvalue weighted by atomic mass is 9.85. The van der Waals surface area contributed by atoms with E-state index in [9.17, 15) is 5.11 Å².